The summed E-state index contributed by atoms with van der Waals surface area (Å²) in [6.07, 6.45) is 2.18. The molecule has 0 aliphatic heterocycles. The maximum Gasteiger partial charge on any atom is 0.328 e. The minimum Gasteiger partial charge on any atom is -0.478 e. The molecule has 0 atom stereocenters. The van der Waals surface area contributed by atoms with Gasteiger partial charge >= 0.3 is 5.97 Å². The lowest BCUT2D eigenvalue weighted by Gasteiger charge is -2.02. The van der Waals surface area contributed by atoms with E-state index >= 15 is 0 Å². The molecule has 6 heteroatoms. The highest BCUT2D eigenvalue weighted by Crippen LogP contribution is 2.26. The number of nitrogens with zero attached hydrogens (tertiary/aromatic N) is 1. The number of non-ortho nitro benzene ring substituents is 1. The van der Waals surface area contributed by atoms with E-state index in [0.717, 1.165) is 6.08 Å². The Bertz CT molecular complexity index is 482. The van der Waals surface area contributed by atoms with Gasteiger partial charge in [0.05, 0.1) is 9.95 Å². The molecule has 1 aromatic rings. The van der Waals surface area contributed by atoms with Crippen LogP contribution in [-0.2, 0) is 4.79 Å². The summed E-state index contributed by atoms with van der Waals surface area (Å²) < 4.78 is 0. The average molecular weight is 242 g/mol. The number of hydrogen-bond donors (Lipinski definition) is 1. The first-order valence-electron chi connectivity index (χ1n) is 4.27. The van der Waals surface area contributed by atoms with Gasteiger partial charge < -0.3 is 5.11 Å². The van der Waals surface area contributed by atoms with Crippen molar-refractivity contribution in [2.75, 3.05) is 0 Å². The standard InChI is InChI=1S/C10H8ClNO4/c1-6-7(2-3-10(13)14)4-8(12(15)16)5-9(6)11/h2-5H,1H3,(H,13,14)/b3-2+. The maximum absolute atomic E-state index is 10.6. The highest BCUT2D eigenvalue weighted by Gasteiger charge is 2.11. The topological polar surface area (TPSA) is 80.4 Å². The van der Waals surface area contributed by atoms with Crippen LogP contribution in [0.2, 0.25) is 5.02 Å². The molecule has 1 rings (SSSR count). The fraction of sp³-hybridized carbons (Fsp3) is 0.100. The smallest absolute Gasteiger partial charge is 0.328 e. The van der Waals surface area contributed by atoms with E-state index in [0.29, 0.717) is 11.1 Å². The predicted octanol–water partition coefficient (Wildman–Crippen LogP) is 2.65. The molecule has 0 heterocycles. The SMILES string of the molecule is Cc1c(Cl)cc([N+](=O)[O-])cc1/C=C/C(=O)O. The van der Waals surface area contributed by atoms with Gasteiger partial charge in [0.2, 0.25) is 0 Å². The average Bonchev–Trinajstić information content (AvgIpc) is 2.19. The summed E-state index contributed by atoms with van der Waals surface area (Å²) in [5.41, 5.74) is 0.854. The number of benzene rings is 1. The van der Waals surface area contributed by atoms with Gasteiger partial charge in [-0.25, -0.2) is 4.79 Å². The molecule has 0 saturated carbocycles. The van der Waals surface area contributed by atoms with Gasteiger partial charge in [0.1, 0.15) is 0 Å². The van der Waals surface area contributed by atoms with E-state index in [2.05, 4.69) is 0 Å². The molecule has 0 unspecified atom stereocenters. The molecular weight excluding hydrogens is 234 g/mol. The number of carboxylic acid groups (broad SMARTS) is 1. The van der Waals surface area contributed by atoms with Crippen LogP contribution in [0.25, 0.3) is 6.08 Å². The van der Waals surface area contributed by atoms with Crippen LogP contribution in [0.4, 0.5) is 5.69 Å². The third kappa shape index (κ3) is 2.80. The molecule has 0 amide bonds. The fourth-order valence-corrected chi connectivity index (χ4v) is 1.35. The Balaban J connectivity index is 3.27. The minimum atomic E-state index is -1.12. The van der Waals surface area contributed by atoms with Crippen molar-refractivity contribution in [3.63, 3.8) is 0 Å². The van der Waals surface area contributed by atoms with Crippen LogP contribution in [-0.4, -0.2) is 16.0 Å². The van der Waals surface area contributed by atoms with Crippen molar-refractivity contribution in [2.24, 2.45) is 0 Å². The molecule has 5 nitrogen and oxygen atoms in total. The highest BCUT2D eigenvalue weighted by molar-refractivity contribution is 6.31. The number of carbonyl (C=O) groups is 1. The number of nitro groups is 1. The zero-order valence-corrected chi connectivity index (χ0v) is 9.06. The van der Waals surface area contributed by atoms with Gasteiger partial charge in [0, 0.05) is 18.2 Å². The molecule has 0 spiro atoms. The van der Waals surface area contributed by atoms with Gasteiger partial charge in [0.15, 0.2) is 0 Å². The zero-order valence-electron chi connectivity index (χ0n) is 8.31. The Morgan fingerprint density at radius 1 is 1.56 bits per heavy atom. The summed E-state index contributed by atoms with van der Waals surface area (Å²) in [4.78, 5) is 20.3. The van der Waals surface area contributed by atoms with Crippen molar-refractivity contribution in [1.29, 1.82) is 0 Å². The second kappa shape index (κ2) is 4.76. The zero-order chi connectivity index (χ0) is 12.3. The molecule has 1 aromatic carbocycles. The molecule has 0 bridgehead atoms. The van der Waals surface area contributed by atoms with Crippen LogP contribution in [0.15, 0.2) is 18.2 Å². The summed E-state index contributed by atoms with van der Waals surface area (Å²) in [6, 6.07) is 2.51. The van der Waals surface area contributed by atoms with Gasteiger partial charge in [-0.3, -0.25) is 10.1 Å². The van der Waals surface area contributed by atoms with Crippen LogP contribution in [0.3, 0.4) is 0 Å². The van der Waals surface area contributed by atoms with E-state index in [4.69, 9.17) is 16.7 Å². The lowest BCUT2D eigenvalue weighted by molar-refractivity contribution is -0.384. The van der Waals surface area contributed by atoms with Crippen molar-refractivity contribution in [3.05, 3.63) is 44.5 Å². The van der Waals surface area contributed by atoms with Gasteiger partial charge in [-0.1, -0.05) is 11.6 Å². The summed E-state index contributed by atoms with van der Waals surface area (Å²) in [6.45, 7) is 1.66. The first kappa shape index (κ1) is 12.2. The maximum atomic E-state index is 10.6. The second-order valence-electron chi connectivity index (χ2n) is 3.07. The number of halogens is 1. The van der Waals surface area contributed by atoms with Crippen LogP contribution in [0.1, 0.15) is 11.1 Å². The lowest BCUT2D eigenvalue weighted by atomic mass is 10.1. The van der Waals surface area contributed by atoms with Crippen LogP contribution in [0, 0.1) is 17.0 Å². The van der Waals surface area contributed by atoms with Crippen molar-refractivity contribution >= 4 is 29.3 Å². The van der Waals surface area contributed by atoms with E-state index in [1.54, 1.807) is 6.92 Å². The minimum absolute atomic E-state index is 0.166. The molecule has 0 aromatic heterocycles. The molecule has 0 aliphatic carbocycles. The molecule has 0 fully saturated rings. The first-order valence-corrected chi connectivity index (χ1v) is 4.65. The highest BCUT2D eigenvalue weighted by atomic mass is 35.5. The molecule has 16 heavy (non-hydrogen) atoms. The van der Waals surface area contributed by atoms with Crippen molar-refractivity contribution in [3.8, 4) is 0 Å². The van der Waals surface area contributed by atoms with Gasteiger partial charge in [0.25, 0.3) is 5.69 Å². The van der Waals surface area contributed by atoms with Crippen molar-refractivity contribution in [2.45, 2.75) is 6.92 Å². The third-order valence-electron chi connectivity index (χ3n) is 1.99. The van der Waals surface area contributed by atoms with Gasteiger partial charge in [-0.15, -0.1) is 0 Å². The molecule has 0 radical (unpaired) electrons. The Morgan fingerprint density at radius 2 is 2.19 bits per heavy atom. The Hall–Kier alpha value is -1.88. The second-order valence-corrected chi connectivity index (χ2v) is 3.48. The third-order valence-corrected chi connectivity index (χ3v) is 2.38. The molecule has 84 valence electrons. The first-order chi connectivity index (χ1) is 7.41. The van der Waals surface area contributed by atoms with Crippen LogP contribution < -0.4 is 0 Å². The Kier molecular flexibility index (Phi) is 3.63. The fourth-order valence-electron chi connectivity index (χ4n) is 1.12. The lowest BCUT2D eigenvalue weighted by Crippen LogP contribution is -1.92. The largest absolute Gasteiger partial charge is 0.478 e. The van der Waals surface area contributed by atoms with Gasteiger partial charge in [-0.05, 0) is 24.1 Å². The molecule has 0 aliphatic rings. The van der Waals surface area contributed by atoms with Crippen molar-refractivity contribution in [1.82, 2.24) is 0 Å². The molecule has 0 saturated heterocycles. The molecular formula is C10H8ClNO4. The van der Waals surface area contributed by atoms with E-state index in [1.807, 2.05) is 0 Å². The van der Waals surface area contributed by atoms with Crippen LogP contribution in [0.5, 0.6) is 0 Å². The predicted molar refractivity (Wildman–Crippen MR) is 59.5 cm³/mol. The quantitative estimate of drug-likeness (QED) is 0.501. The number of carboxylic acids is 1. The van der Waals surface area contributed by atoms with E-state index in [9.17, 15) is 14.9 Å². The van der Waals surface area contributed by atoms with E-state index in [-0.39, 0.29) is 10.7 Å². The Labute approximate surface area is 96.1 Å². The number of aliphatic carboxylic acids is 1. The van der Waals surface area contributed by atoms with Crippen LogP contribution >= 0.6 is 11.6 Å². The van der Waals surface area contributed by atoms with E-state index in [1.165, 1.54) is 18.2 Å². The molecule has 1 N–H and O–H groups in total. The number of rotatable bonds is 3. The number of nitro benzene ring substituents is 1. The summed E-state index contributed by atoms with van der Waals surface area (Å²) >= 11 is 5.79. The van der Waals surface area contributed by atoms with Crippen molar-refractivity contribution < 1.29 is 14.8 Å². The summed E-state index contributed by atoms with van der Waals surface area (Å²) in [5.74, 6) is -1.12. The normalized spacial score (nSPS) is 10.6. The van der Waals surface area contributed by atoms with Gasteiger partial charge in [-0.2, -0.15) is 0 Å². The van der Waals surface area contributed by atoms with E-state index < -0.39 is 10.9 Å². The number of hydrogen-bond acceptors (Lipinski definition) is 3. The monoisotopic (exact) mass is 241 g/mol. The summed E-state index contributed by atoms with van der Waals surface area (Å²) in [5, 5.41) is 19.3. The Morgan fingerprint density at radius 3 is 2.69 bits per heavy atom. The summed E-state index contributed by atoms with van der Waals surface area (Å²) in [7, 11) is 0.